The van der Waals surface area contributed by atoms with E-state index < -0.39 is 0 Å². The van der Waals surface area contributed by atoms with E-state index >= 15 is 0 Å². The van der Waals surface area contributed by atoms with E-state index in [2.05, 4.69) is 5.11 Å². The Morgan fingerprint density at radius 1 is 1.20 bits per heavy atom. The monoisotopic (exact) mass is 206 g/mol. The Morgan fingerprint density at radius 3 is 2.87 bits per heavy atom. The molecule has 0 bridgehead atoms. The van der Waals surface area contributed by atoms with Gasteiger partial charge >= 0.3 is 0 Å². The van der Waals surface area contributed by atoms with Gasteiger partial charge in [-0.15, -0.1) is 0 Å². The molecule has 3 heteroatoms. The molecule has 0 fully saturated rings. The fourth-order valence-corrected chi connectivity index (χ4v) is 1.42. The van der Waals surface area contributed by atoms with Gasteiger partial charge in [0.2, 0.25) is 0 Å². The highest BCUT2D eigenvalue weighted by Gasteiger charge is 1.98. The van der Waals surface area contributed by atoms with E-state index in [1.54, 1.807) is 19.2 Å². The summed E-state index contributed by atoms with van der Waals surface area (Å²) in [6, 6.07) is 11.2. The average molecular weight is 206 g/mol. The number of phenols is 1. The molecular formula is C12H12O3. The van der Waals surface area contributed by atoms with Gasteiger partial charge in [-0.1, -0.05) is 12.1 Å². The lowest BCUT2D eigenvalue weighted by molar-refractivity contribution is 0.0512. The molecule has 2 aromatic carbocycles. The molecule has 2 aromatic rings. The molecule has 0 aliphatic heterocycles. The molecule has 0 aliphatic rings. The van der Waals surface area contributed by atoms with Crippen molar-refractivity contribution in [2.75, 3.05) is 13.9 Å². The van der Waals surface area contributed by atoms with Crippen molar-refractivity contribution < 1.29 is 14.6 Å². The van der Waals surface area contributed by atoms with Crippen LogP contribution in [0.1, 0.15) is 0 Å². The summed E-state index contributed by atoms with van der Waals surface area (Å²) in [6.45, 7) is 0.222. The number of benzene rings is 2. The maximum atomic E-state index is 6.83. The first-order valence-electron chi connectivity index (χ1n) is 5.03. The molecule has 0 aliphatic carbocycles. The van der Waals surface area contributed by atoms with Crippen LogP contribution in [0, 0.1) is 0 Å². The molecule has 3 nitrogen and oxygen atoms in total. The van der Waals surface area contributed by atoms with Crippen molar-refractivity contribution in [2.24, 2.45) is 0 Å². The fraction of sp³-hybridized carbons (Fsp3) is 0.167. The molecule has 0 radical (unpaired) electrons. The lowest BCUT2D eigenvalue weighted by Gasteiger charge is -2.05. The van der Waals surface area contributed by atoms with Gasteiger partial charge in [0.15, 0.2) is 6.79 Å². The van der Waals surface area contributed by atoms with Crippen molar-refractivity contribution in [1.82, 2.24) is 0 Å². The molecule has 15 heavy (non-hydrogen) atoms. The topological polar surface area (TPSA) is 38.7 Å². The quantitative estimate of drug-likeness (QED) is 0.781. The zero-order chi connectivity index (χ0) is 11.4. The van der Waals surface area contributed by atoms with Crippen LogP contribution in [-0.2, 0) is 4.74 Å². The summed E-state index contributed by atoms with van der Waals surface area (Å²) in [4.78, 5) is 0. The highest BCUT2D eigenvalue weighted by atomic mass is 16.7. The van der Waals surface area contributed by atoms with Crippen LogP contribution in [0.25, 0.3) is 10.8 Å². The predicted molar refractivity (Wildman–Crippen MR) is 58.1 cm³/mol. The van der Waals surface area contributed by atoms with Crippen LogP contribution in [0.15, 0.2) is 36.4 Å². The summed E-state index contributed by atoms with van der Waals surface area (Å²) in [5.41, 5.74) is 0. The van der Waals surface area contributed by atoms with Crippen molar-refractivity contribution in [3.05, 3.63) is 36.4 Å². The third-order valence-electron chi connectivity index (χ3n) is 2.13. The van der Waals surface area contributed by atoms with Gasteiger partial charge in [0.05, 0.1) is 0 Å². The standard InChI is InChI=1S/C12H12O3/c1-14-8-15-12-5-3-9-2-4-11(13)6-10(9)7-12/h2-7,13H,8H2,1H3/i/hT. The minimum atomic E-state index is 0.222. The van der Waals surface area contributed by atoms with E-state index in [9.17, 15) is 0 Å². The molecule has 0 unspecified atom stereocenters. The fourth-order valence-electron chi connectivity index (χ4n) is 1.42. The second-order valence-corrected chi connectivity index (χ2v) is 3.22. The van der Waals surface area contributed by atoms with Gasteiger partial charge in [0.1, 0.15) is 11.5 Å². The van der Waals surface area contributed by atoms with Crippen LogP contribution in [0.5, 0.6) is 11.5 Å². The molecule has 78 valence electrons. The van der Waals surface area contributed by atoms with Crippen LogP contribution < -0.4 is 4.74 Å². The van der Waals surface area contributed by atoms with Crippen molar-refractivity contribution in [2.45, 2.75) is 0 Å². The van der Waals surface area contributed by atoms with E-state index in [0.29, 0.717) is 5.75 Å². The number of phenolic OH excluding ortho intramolecular Hbond substituents is 1. The normalized spacial score (nSPS) is 11.1. The van der Waals surface area contributed by atoms with Crippen LogP contribution in [0.4, 0.5) is 0 Å². The first-order valence-corrected chi connectivity index (χ1v) is 4.62. The summed E-state index contributed by atoms with van der Waals surface area (Å²) < 4.78 is 17.0. The highest BCUT2D eigenvalue weighted by Crippen LogP contribution is 2.24. The predicted octanol–water partition coefficient (Wildman–Crippen LogP) is 2.53. The van der Waals surface area contributed by atoms with E-state index in [-0.39, 0.29) is 6.79 Å². The van der Waals surface area contributed by atoms with E-state index in [4.69, 9.17) is 10.9 Å². The summed E-state index contributed by atoms with van der Waals surface area (Å²) in [7, 11) is 1.58. The number of fused-ring (bicyclic) bond motifs is 1. The number of aromatic hydroxyl groups is 1. The van der Waals surface area contributed by atoms with Crippen LogP contribution in [0.2, 0.25) is 0 Å². The lowest BCUT2D eigenvalue weighted by atomic mass is 10.1. The molecule has 2 rings (SSSR count). The van der Waals surface area contributed by atoms with E-state index in [1.165, 1.54) is 0 Å². The number of ether oxygens (including phenoxy) is 2. The minimum absolute atomic E-state index is 0.222. The van der Waals surface area contributed by atoms with Crippen molar-refractivity contribution in [3.63, 3.8) is 0 Å². The Hall–Kier alpha value is -1.74. The smallest absolute Gasteiger partial charge is 0.293 e. The Balaban J connectivity index is 2.35. The number of rotatable bonds is 4. The maximum absolute atomic E-state index is 6.83. The summed E-state index contributed by atoms with van der Waals surface area (Å²) in [5, 5.41) is 6.47. The molecule has 0 spiro atoms. The molecule has 0 amide bonds. The summed E-state index contributed by atoms with van der Waals surface area (Å²) >= 11 is 0. The molecular weight excluding hydrogens is 192 g/mol. The lowest BCUT2D eigenvalue weighted by Crippen LogP contribution is -1.98. The van der Waals surface area contributed by atoms with Gasteiger partial charge in [-0.2, -0.15) is 0 Å². The molecule has 0 heterocycles. The second-order valence-electron chi connectivity index (χ2n) is 3.22. The first kappa shape index (κ1) is 8.56. The van der Waals surface area contributed by atoms with Gasteiger partial charge in [0.25, 0.3) is 1.43 Å². The van der Waals surface area contributed by atoms with Gasteiger partial charge < -0.3 is 14.6 Å². The minimum Gasteiger partial charge on any atom is -0.508 e. The van der Waals surface area contributed by atoms with Crippen molar-refractivity contribution >= 4 is 10.8 Å². The average Bonchev–Trinajstić information content (AvgIpc) is 2.35. The van der Waals surface area contributed by atoms with Crippen molar-refractivity contribution in [3.8, 4) is 11.5 Å². The van der Waals surface area contributed by atoms with Gasteiger partial charge in [-0.05, 0) is 35.0 Å². The molecule has 0 aromatic heterocycles. The number of hydrogen-bond donors (Lipinski definition) is 1. The van der Waals surface area contributed by atoms with Crippen molar-refractivity contribution in [1.29, 1.82) is 1.43 Å². The zero-order valence-electron chi connectivity index (χ0n) is 9.40. The summed E-state index contributed by atoms with van der Waals surface area (Å²) in [6.07, 6.45) is 0. The molecule has 0 atom stereocenters. The zero-order valence-corrected chi connectivity index (χ0v) is 8.40. The molecule has 1 N–H and O–H groups in total. The molecule has 0 saturated heterocycles. The van der Waals surface area contributed by atoms with E-state index in [0.717, 1.165) is 16.5 Å². The van der Waals surface area contributed by atoms with E-state index in [1.807, 2.05) is 24.3 Å². The Morgan fingerprint density at radius 2 is 2.07 bits per heavy atom. The van der Waals surface area contributed by atoms with Gasteiger partial charge in [0, 0.05) is 7.11 Å². The number of methoxy groups -OCH3 is 1. The third-order valence-corrected chi connectivity index (χ3v) is 2.13. The Kier molecular flexibility index (Phi) is 2.39. The third kappa shape index (κ3) is 2.19. The Bertz CT molecular complexity index is 485. The largest absolute Gasteiger partial charge is 0.508 e. The number of hydrogen-bond acceptors (Lipinski definition) is 3. The van der Waals surface area contributed by atoms with Crippen LogP contribution in [0.3, 0.4) is 0 Å². The molecule has 0 saturated carbocycles. The summed E-state index contributed by atoms with van der Waals surface area (Å²) in [5.74, 6) is 1.24. The van der Waals surface area contributed by atoms with Crippen LogP contribution in [-0.4, -0.2) is 20.4 Å². The van der Waals surface area contributed by atoms with Gasteiger partial charge in [-0.25, -0.2) is 0 Å². The highest BCUT2D eigenvalue weighted by molar-refractivity contribution is 5.85. The first-order chi connectivity index (χ1) is 7.83. The van der Waals surface area contributed by atoms with Crippen LogP contribution >= 0.6 is 0 Å². The van der Waals surface area contributed by atoms with Gasteiger partial charge in [-0.3, -0.25) is 0 Å². The Labute approximate surface area is 89.4 Å². The second kappa shape index (κ2) is 4.19. The SMILES string of the molecule is [3H]Oc1ccc2ccc(OCOC)cc2c1. The maximum Gasteiger partial charge on any atom is 0.293 e.